The highest BCUT2D eigenvalue weighted by Crippen LogP contribution is 2.36. The van der Waals surface area contributed by atoms with E-state index < -0.39 is 0 Å². The molecular formula is C30H32N4O2. The summed E-state index contributed by atoms with van der Waals surface area (Å²) in [7, 11) is 5.82. The van der Waals surface area contributed by atoms with E-state index in [2.05, 4.69) is 11.0 Å². The fraction of sp³-hybridized carbons (Fsp3) is 0.367. The lowest BCUT2D eigenvalue weighted by molar-refractivity contribution is 0.0706. The number of carbonyl (C=O) groups is 2. The zero-order valence-corrected chi connectivity index (χ0v) is 21.1. The Morgan fingerprint density at radius 3 is 2.00 bits per heavy atom. The monoisotopic (exact) mass is 480 g/mol. The molecule has 0 N–H and O–H groups in total. The van der Waals surface area contributed by atoms with Crippen molar-refractivity contribution in [2.45, 2.75) is 31.7 Å². The highest BCUT2D eigenvalue weighted by molar-refractivity contribution is 6.01. The largest absolute Gasteiger partial charge is 0.341 e. The van der Waals surface area contributed by atoms with Crippen LogP contribution in [-0.4, -0.2) is 45.2 Å². The molecule has 6 nitrogen and oxygen atoms in total. The minimum absolute atomic E-state index is 0.0361. The van der Waals surface area contributed by atoms with Crippen LogP contribution < -0.4 is 0 Å². The average molecular weight is 481 g/mol. The molecule has 0 radical (unpaired) electrons. The maximum Gasteiger partial charge on any atom is 0.179 e. The number of benzene rings is 2. The van der Waals surface area contributed by atoms with Crippen LogP contribution in [0.2, 0.25) is 0 Å². The van der Waals surface area contributed by atoms with Crippen LogP contribution in [0.5, 0.6) is 0 Å². The number of ketones is 2. The molecule has 6 heteroatoms. The summed E-state index contributed by atoms with van der Waals surface area (Å²) < 4.78 is 3.92. The second kappa shape index (κ2) is 9.75. The van der Waals surface area contributed by atoms with Crippen molar-refractivity contribution in [1.29, 1.82) is 5.26 Å². The molecule has 3 atom stereocenters. The van der Waals surface area contributed by atoms with Gasteiger partial charge < -0.3 is 9.13 Å². The minimum Gasteiger partial charge on any atom is -0.341 e. The van der Waals surface area contributed by atoms with Gasteiger partial charge >= 0.3 is 0 Å². The number of nitriles is 1. The zero-order chi connectivity index (χ0) is 25.4. The quantitative estimate of drug-likeness (QED) is 0.334. The van der Waals surface area contributed by atoms with Gasteiger partial charge in [0.25, 0.3) is 0 Å². The number of hydrogen-bond acceptors (Lipinski definition) is 4. The van der Waals surface area contributed by atoms with E-state index in [9.17, 15) is 14.9 Å². The number of fused-ring (bicyclic) bond motifs is 2. The van der Waals surface area contributed by atoms with Gasteiger partial charge in [0.15, 0.2) is 11.6 Å². The number of aromatic nitrogens is 2. The molecule has 1 fully saturated rings. The van der Waals surface area contributed by atoms with Crippen molar-refractivity contribution in [2.24, 2.45) is 25.9 Å². The van der Waals surface area contributed by atoms with Crippen molar-refractivity contribution in [3.8, 4) is 6.07 Å². The Hall–Kier alpha value is -3.69. The summed E-state index contributed by atoms with van der Waals surface area (Å²) in [6.45, 7) is 0.777. The van der Waals surface area contributed by atoms with Crippen LogP contribution in [0.1, 0.15) is 46.7 Å². The van der Waals surface area contributed by atoms with Gasteiger partial charge in [-0.2, -0.15) is 5.26 Å². The highest BCUT2D eigenvalue weighted by Gasteiger charge is 2.38. The van der Waals surface area contributed by atoms with E-state index in [4.69, 9.17) is 0 Å². The van der Waals surface area contributed by atoms with Crippen molar-refractivity contribution in [3.63, 3.8) is 0 Å². The van der Waals surface area contributed by atoms with Gasteiger partial charge in [0.2, 0.25) is 0 Å². The summed E-state index contributed by atoms with van der Waals surface area (Å²) >= 11 is 0. The van der Waals surface area contributed by atoms with Crippen LogP contribution in [0.3, 0.4) is 0 Å². The van der Waals surface area contributed by atoms with Gasteiger partial charge in [-0.05, 0) is 62.5 Å². The van der Waals surface area contributed by atoms with Crippen LogP contribution >= 0.6 is 0 Å². The Kier molecular flexibility index (Phi) is 6.51. The number of rotatable bonds is 7. The van der Waals surface area contributed by atoms with Crippen LogP contribution in [0, 0.1) is 23.2 Å². The molecule has 36 heavy (non-hydrogen) atoms. The zero-order valence-electron chi connectivity index (χ0n) is 21.1. The predicted molar refractivity (Wildman–Crippen MR) is 142 cm³/mol. The van der Waals surface area contributed by atoms with Gasteiger partial charge in [-0.3, -0.25) is 14.5 Å². The molecule has 0 spiro atoms. The number of Topliss-reactive ketones (excluding diaryl/α,β-unsaturated/α-hetero) is 2. The molecule has 2 aromatic heterocycles. The maximum absolute atomic E-state index is 13.4. The SMILES string of the molecule is CN1CC[C@@H](CC(=O)c2cc3ccccc3n2C)[C@H](CCC(=O)c2cc3ccccc3n2C)[C@@H]1C#N. The third-order valence-electron chi connectivity index (χ3n) is 8.10. The fourth-order valence-corrected chi connectivity index (χ4v) is 6.03. The van der Waals surface area contributed by atoms with E-state index in [1.54, 1.807) is 0 Å². The molecule has 0 amide bonds. The molecule has 1 saturated heterocycles. The standard InChI is InChI=1S/C30H32N4O2/c1-32-15-14-20(18-30(36)27-17-22-9-5-7-11-25(22)34(27)3)23(28(32)19-31)12-13-29(35)26-16-21-8-4-6-10-24(21)33(26)2/h4-11,16-17,20,23,28H,12-15,18H2,1-3H3/t20-,23-,28-/m0/s1. The van der Waals surface area contributed by atoms with E-state index in [1.165, 1.54) is 0 Å². The molecule has 4 aromatic rings. The molecule has 0 aliphatic carbocycles. The Balaban J connectivity index is 1.35. The Bertz CT molecular complexity index is 1490. The molecule has 1 aliphatic rings. The van der Waals surface area contributed by atoms with Crippen LogP contribution in [-0.2, 0) is 14.1 Å². The Morgan fingerprint density at radius 1 is 0.889 bits per heavy atom. The number of nitrogens with zero attached hydrogens (tertiary/aromatic N) is 4. The van der Waals surface area contributed by atoms with Gasteiger partial charge in [-0.15, -0.1) is 0 Å². The normalized spacial score (nSPS) is 20.6. The summed E-state index contributed by atoms with van der Waals surface area (Å²) in [6.07, 6.45) is 2.19. The van der Waals surface area contributed by atoms with Crippen LogP contribution in [0.25, 0.3) is 21.8 Å². The van der Waals surface area contributed by atoms with Gasteiger partial charge in [0, 0.05) is 48.7 Å². The molecule has 5 rings (SSSR count). The first-order valence-corrected chi connectivity index (χ1v) is 12.6. The molecular weight excluding hydrogens is 448 g/mol. The molecule has 0 saturated carbocycles. The van der Waals surface area contributed by atoms with Crippen LogP contribution in [0.4, 0.5) is 0 Å². The first-order valence-electron chi connectivity index (χ1n) is 12.6. The summed E-state index contributed by atoms with van der Waals surface area (Å²) in [6, 6.07) is 22.1. The lowest BCUT2D eigenvalue weighted by atomic mass is 9.74. The summed E-state index contributed by atoms with van der Waals surface area (Å²) in [5, 5.41) is 12.1. The smallest absolute Gasteiger partial charge is 0.179 e. The Labute approximate surface area is 211 Å². The summed E-state index contributed by atoms with van der Waals surface area (Å²) in [5.41, 5.74) is 3.47. The number of piperidine rings is 1. The first-order chi connectivity index (χ1) is 17.4. The van der Waals surface area contributed by atoms with E-state index >= 15 is 0 Å². The third-order valence-corrected chi connectivity index (χ3v) is 8.10. The van der Waals surface area contributed by atoms with E-state index in [0.717, 1.165) is 34.8 Å². The van der Waals surface area contributed by atoms with Crippen molar-refractivity contribution >= 4 is 33.4 Å². The van der Waals surface area contributed by atoms with Gasteiger partial charge in [-0.25, -0.2) is 0 Å². The molecule has 0 bridgehead atoms. The summed E-state index contributed by atoms with van der Waals surface area (Å²) in [5.74, 6) is 0.213. The van der Waals surface area contributed by atoms with Crippen molar-refractivity contribution in [2.75, 3.05) is 13.6 Å². The molecule has 1 aliphatic heterocycles. The van der Waals surface area contributed by atoms with E-state index in [-0.39, 0.29) is 29.4 Å². The fourth-order valence-electron chi connectivity index (χ4n) is 6.03. The molecule has 184 valence electrons. The van der Waals surface area contributed by atoms with Crippen molar-refractivity contribution in [1.82, 2.24) is 14.0 Å². The van der Waals surface area contributed by atoms with Gasteiger partial charge in [-0.1, -0.05) is 36.4 Å². The topological polar surface area (TPSA) is 71.0 Å². The molecule has 3 heterocycles. The van der Waals surface area contributed by atoms with Crippen LogP contribution in [0.15, 0.2) is 60.7 Å². The lowest BCUT2D eigenvalue weighted by Crippen LogP contribution is -2.47. The number of likely N-dealkylation sites (tertiary alicyclic amines) is 1. The third kappa shape index (κ3) is 4.25. The van der Waals surface area contributed by atoms with E-state index in [1.807, 2.05) is 90.9 Å². The maximum atomic E-state index is 13.4. The Morgan fingerprint density at radius 2 is 1.44 bits per heavy atom. The van der Waals surface area contributed by atoms with Gasteiger partial charge in [0.1, 0.15) is 6.04 Å². The van der Waals surface area contributed by atoms with Gasteiger partial charge in [0.05, 0.1) is 17.5 Å². The molecule has 0 unspecified atom stereocenters. The number of para-hydroxylation sites is 2. The van der Waals surface area contributed by atoms with Crippen molar-refractivity contribution < 1.29 is 9.59 Å². The second-order valence-electron chi connectivity index (χ2n) is 10.2. The van der Waals surface area contributed by atoms with Crippen molar-refractivity contribution in [3.05, 3.63) is 72.1 Å². The average Bonchev–Trinajstić information content (AvgIpc) is 3.41. The number of aryl methyl sites for hydroxylation is 2. The minimum atomic E-state index is -0.302. The summed E-state index contributed by atoms with van der Waals surface area (Å²) in [4.78, 5) is 28.8. The number of hydrogen-bond donors (Lipinski definition) is 0. The lowest BCUT2D eigenvalue weighted by Gasteiger charge is -2.40. The first kappa shape index (κ1) is 24.0. The highest BCUT2D eigenvalue weighted by atomic mass is 16.1. The molecule has 2 aromatic carbocycles. The second-order valence-corrected chi connectivity index (χ2v) is 10.2. The number of carbonyl (C=O) groups excluding carboxylic acids is 2. The van der Waals surface area contributed by atoms with E-state index in [0.29, 0.717) is 30.7 Å². The predicted octanol–water partition coefficient (Wildman–Crippen LogP) is 5.37.